The Labute approximate surface area is 65.0 Å². The second-order valence-corrected chi connectivity index (χ2v) is 2.55. The lowest BCUT2D eigenvalue weighted by Gasteiger charge is -2.12. The topological polar surface area (TPSA) is 9.23 Å². The average molecular weight is 169 g/mol. The summed E-state index contributed by atoms with van der Waals surface area (Å²) >= 11 is 0. The van der Waals surface area contributed by atoms with Gasteiger partial charge in [-0.25, -0.2) is 0 Å². The van der Waals surface area contributed by atoms with Crippen molar-refractivity contribution in [1.29, 1.82) is 0 Å². The van der Waals surface area contributed by atoms with Gasteiger partial charge in [-0.2, -0.15) is 0 Å². The van der Waals surface area contributed by atoms with E-state index in [1.807, 2.05) is 0 Å². The molecule has 0 unspecified atom stereocenters. The van der Waals surface area contributed by atoms with E-state index < -0.39 is 13.3 Å². The van der Waals surface area contributed by atoms with Crippen LogP contribution in [-0.4, -0.2) is 20.7 Å². The Morgan fingerprint density at radius 2 is 1.73 bits per heavy atom. The standard InChI is InChI=1S/C6H13BF3O/c1-11-6-4-2-3-5-7(8,9)10/h2-6H2,1H3/q-1. The number of halogens is 3. The molecular formula is C6H13BF3O-. The van der Waals surface area contributed by atoms with Crippen molar-refractivity contribution >= 4 is 6.98 Å². The highest BCUT2D eigenvalue weighted by Crippen LogP contribution is 2.18. The molecule has 0 aromatic heterocycles. The Morgan fingerprint density at radius 3 is 2.18 bits per heavy atom. The zero-order chi connectivity index (χ0) is 8.74. The first kappa shape index (κ1) is 10.8. The van der Waals surface area contributed by atoms with Crippen molar-refractivity contribution in [1.82, 2.24) is 0 Å². The van der Waals surface area contributed by atoms with Crippen LogP contribution in [0.1, 0.15) is 19.3 Å². The zero-order valence-electron chi connectivity index (χ0n) is 6.66. The molecular weight excluding hydrogens is 156 g/mol. The second kappa shape index (κ2) is 5.46. The monoisotopic (exact) mass is 169 g/mol. The summed E-state index contributed by atoms with van der Waals surface area (Å²) in [6.45, 7) is -4.00. The van der Waals surface area contributed by atoms with Crippen LogP contribution in [0.5, 0.6) is 0 Å². The molecule has 0 heterocycles. The molecule has 0 spiro atoms. The summed E-state index contributed by atoms with van der Waals surface area (Å²) in [5.74, 6) is 0. The van der Waals surface area contributed by atoms with Crippen LogP contribution in [0.2, 0.25) is 6.32 Å². The van der Waals surface area contributed by atoms with Crippen LogP contribution in [0.15, 0.2) is 0 Å². The highest BCUT2D eigenvalue weighted by atomic mass is 19.4. The molecule has 68 valence electrons. The van der Waals surface area contributed by atoms with E-state index in [-0.39, 0.29) is 6.42 Å². The first-order valence-electron chi connectivity index (χ1n) is 3.76. The quantitative estimate of drug-likeness (QED) is 0.438. The van der Waals surface area contributed by atoms with Gasteiger partial charge in [-0.15, -0.1) is 0 Å². The van der Waals surface area contributed by atoms with E-state index in [2.05, 4.69) is 0 Å². The van der Waals surface area contributed by atoms with E-state index in [0.717, 1.165) is 6.42 Å². The first-order valence-corrected chi connectivity index (χ1v) is 3.76. The van der Waals surface area contributed by atoms with Crippen molar-refractivity contribution in [2.75, 3.05) is 13.7 Å². The highest BCUT2D eigenvalue weighted by Gasteiger charge is 2.21. The summed E-state index contributed by atoms with van der Waals surface area (Å²) in [5.41, 5.74) is 0. The fourth-order valence-corrected chi connectivity index (χ4v) is 0.799. The van der Waals surface area contributed by atoms with Crippen molar-refractivity contribution in [3.05, 3.63) is 0 Å². The Kier molecular flexibility index (Phi) is 5.37. The van der Waals surface area contributed by atoms with Gasteiger partial charge in [0.15, 0.2) is 0 Å². The molecule has 0 rings (SSSR count). The molecule has 5 heteroatoms. The van der Waals surface area contributed by atoms with E-state index >= 15 is 0 Å². The Morgan fingerprint density at radius 1 is 1.09 bits per heavy atom. The normalized spacial score (nSPS) is 12.0. The Balaban J connectivity index is 3.02. The molecule has 0 N–H and O–H groups in total. The molecule has 0 radical (unpaired) electrons. The minimum Gasteiger partial charge on any atom is -0.449 e. The molecule has 0 aliphatic rings. The highest BCUT2D eigenvalue weighted by molar-refractivity contribution is 6.58. The molecule has 0 bridgehead atoms. The van der Waals surface area contributed by atoms with Gasteiger partial charge in [0.1, 0.15) is 0 Å². The van der Waals surface area contributed by atoms with Crippen LogP contribution in [0.25, 0.3) is 0 Å². The maximum absolute atomic E-state index is 11.6. The van der Waals surface area contributed by atoms with Crippen LogP contribution in [0.3, 0.4) is 0 Å². The third-order valence-electron chi connectivity index (χ3n) is 1.38. The molecule has 1 nitrogen and oxygen atoms in total. The molecule has 0 aliphatic carbocycles. The van der Waals surface area contributed by atoms with Gasteiger partial charge >= 0.3 is 6.98 Å². The number of hydrogen-bond acceptors (Lipinski definition) is 1. The van der Waals surface area contributed by atoms with Gasteiger partial charge in [-0.05, 0) is 6.42 Å². The predicted molar refractivity (Wildman–Crippen MR) is 39.6 cm³/mol. The van der Waals surface area contributed by atoms with Crippen molar-refractivity contribution in [2.45, 2.75) is 25.6 Å². The molecule has 0 saturated heterocycles. The number of rotatable bonds is 6. The van der Waals surface area contributed by atoms with Gasteiger partial charge in [0.05, 0.1) is 0 Å². The third kappa shape index (κ3) is 9.81. The van der Waals surface area contributed by atoms with Crippen LogP contribution in [0, 0.1) is 0 Å². The minimum absolute atomic E-state index is 0.243. The largest absolute Gasteiger partial charge is 0.478 e. The van der Waals surface area contributed by atoms with Crippen LogP contribution in [0.4, 0.5) is 12.9 Å². The molecule has 0 aromatic carbocycles. The summed E-state index contributed by atoms with van der Waals surface area (Å²) in [7, 11) is 1.55. The summed E-state index contributed by atoms with van der Waals surface area (Å²) in [5, 5.41) is 0. The summed E-state index contributed by atoms with van der Waals surface area (Å²) in [6.07, 6.45) is 0.967. The van der Waals surface area contributed by atoms with Crippen molar-refractivity contribution in [3.8, 4) is 0 Å². The fraction of sp³-hybridized carbons (Fsp3) is 1.00. The van der Waals surface area contributed by atoms with Gasteiger partial charge in [-0.3, -0.25) is 0 Å². The van der Waals surface area contributed by atoms with E-state index in [0.29, 0.717) is 13.0 Å². The molecule has 0 saturated carbocycles. The van der Waals surface area contributed by atoms with E-state index in [9.17, 15) is 12.9 Å². The molecule has 0 aromatic rings. The maximum Gasteiger partial charge on any atom is 0.478 e. The minimum atomic E-state index is -4.56. The van der Waals surface area contributed by atoms with Crippen LogP contribution < -0.4 is 0 Å². The maximum atomic E-state index is 11.6. The molecule has 11 heavy (non-hydrogen) atoms. The average Bonchev–Trinajstić information content (AvgIpc) is 1.85. The van der Waals surface area contributed by atoms with E-state index in [1.54, 1.807) is 7.11 Å². The van der Waals surface area contributed by atoms with Crippen molar-refractivity contribution < 1.29 is 17.7 Å². The third-order valence-corrected chi connectivity index (χ3v) is 1.38. The van der Waals surface area contributed by atoms with Crippen molar-refractivity contribution in [3.63, 3.8) is 0 Å². The lowest BCUT2D eigenvalue weighted by molar-refractivity contribution is 0.192. The molecule has 0 amide bonds. The summed E-state index contributed by atoms with van der Waals surface area (Å²) < 4.78 is 39.5. The molecule has 0 atom stereocenters. The van der Waals surface area contributed by atoms with Gasteiger partial charge in [0.25, 0.3) is 0 Å². The van der Waals surface area contributed by atoms with E-state index in [4.69, 9.17) is 4.74 Å². The van der Waals surface area contributed by atoms with Crippen LogP contribution in [-0.2, 0) is 4.74 Å². The van der Waals surface area contributed by atoms with Crippen molar-refractivity contribution in [2.24, 2.45) is 0 Å². The van der Waals surface area contributed by atoms with Gasteiger partial charge in [0.2, 0.25) is 0 Å². The predicted octanol–water partition coefficient (Wildman–Crippen LogP) is 2.65. The number of hydrogen-bond donors (Lipinski definition) is 0. The number of methoxy groups -OCH3 is 1. The fourth-order valence-electron chi connectivity index (χ4n) is 0.799. The first-order chi connectivity index (χ1) is 5.06. The lowest BCUT2D eigenvalue weighted by atomic mass is 9.83. The number of ether oxygens (including phenoxy) is 1. The zero-order valence-corrected chi connectivity index (χ0v) is 6.66. The smallest absolute Gasteiger partial charge is 0.449 e. The van der Waals surface area contributed by atoms with Gasteiger partial charge in [-0.1, -0.05) is 19.2 Å². The lowest BCUT2D eigenvalue weighted by Crippen LogP contribution is -2.13. The Bertz CT molecular complexity index is 94.3. The van der Waals surface area contributed by atoms with Crippen LogP contribution >= 0.6 is 0 Å². The second-order valence-electron chi connectivity index (χ2n) is 2.55. The summed E-state index contributed by atoms with van der Waals surface area (Å²) in [4.78, 5) is 0. The van der Waals surface area contributed by atoms with Gasteiger partial charge in [0, 0.05) is 13.7 Å². The number of unbranched alkanes of at least 4 members (excludes halogenated alkanes) is 2. The molecule has 0 fully saturated rings. The SMILES string of the molecule is COCCCCC[B-](F)(F)F. The van der Waals surface area contributed by atoms with Gasteiger partial charge < -0.3 is 17.7 Å². The Hall–Kier alpha value is -0.185. The van der Waals surface area contributed by atoms with E-state index in [1.165, 1.54) is 0 Å². The summed E-state index contributed by atoms with van der Waals surface area (Å²) in [6, 6.07) is 0. The molecule has 0 aliphatic heterocycles.